The highest BCUT2D eigenvalue weighted by Crippen LogP contribution is 2.10. The minimum atomic E-state index is 0. The fraction of sp³-hybridized carbons (Fsp3) is 0.500. The molecule has 0 spiro atoms. The predicted octanol–water partition coefficient (Wildman–Crippen LogP) is 1.88. The number of benzene rings is 1. The van der Waals surface area contributed by atoms with E-state index in [1.165, 1.54) is 0 Å². The zero-order valence-corrected chi connectivity index (χ0v) is 14.6. The second-order valence-corrected chi connectivity index (χ2v) is 4.11. The van der Waals surface area contributed by atoms with Gasteiger partial charge >= 0.3 is 0 Å². The zero-order valence-electron chi connectivity index (χ0n) is 12.3. The van der Waals surface area contributed by atoms with Crippen LogP contribution in [0.5, 0.6) is 5.75 Å². The van der Waals surface area contributed by atoms with E-state index in [2.05, 4.69) is 15.6 Å². The van der Waals surface area contributed by atoms with Crippen LogP contribution in [0, 0.1) is 0 Å². The van der Waals surface area contributed by atoms with E-state index in [4.69, 9.17) is 9.47 Å². The average molecular weight is 393 g/mol. The third-order valence-corrected chi connectivity index (χ3v) is 2.46. The second kappa shape index (κ2) is 11.8. The molecule has 1 aromatic carbocycles. The van der Waals surface area contributed by atoms with Gasteiger partial charge in [-0.05, 0) is 19.1 Å². The largest absolute Gasteiger partial charge is 0.489 e. The summed E-state index contributed by atoms with van der Waals surface area (Å²) in [4.78, 5) is 4.12. The first-order chi connectivity index (χ1) is 9.26. The number of methoxy groups -OCH3 is 1. The van der Waals surface area contributed by atoms with Crippen molar-refractivity contribution in [2.24, 2.45) is 4.99 Å². The van der Waals surface area contributed by atoms with Gasteiger partial charge in [0.1, 0.15) is 11.9 Å². The van der Waals surface area contributed by atoms with Crippen molar-refractivity contribution in [3.63, 3.8) is 0 Å². The van der Waals surface area contributed by atoms with Crippen molar-refractivity contribution >= 4 is 29.9 Å². The number of halogens is 1. The van der Waals surface area contributed by atoms with Crippen LogP contribution in [-0.4, -0.2) is 45.9 Å². The van der Waals surface area contributed by atoms with E-state index in [1.807, 2.05) is 37.3 Å². The smallest absolute Gasteiger partial charge is 0.191 e. The maximum atomic E-state index is 5.76. The molecule has 5 nitrogen and oxygen atoms in total. The summed E-state index contributed by atoms with van der Waals surface area (Å²) >= 11 is 0. The van der Waals surface area contributed by atoms with Crippen LogP contribution in [0.25, 0.3) is 0 Å². The third-order valence-electron chi connectivity index (χ3n) is 2.46. The first-order valence-corrected chi connectivity index (χ1v) is 6.41. The van der Waals surface area contributed by atoms with Gasteiger partial charge in [0.05, 0.1) is 13.2 Å². The topological polar surface area (TPSA) is 54.9 Å². The molecule has 0 heterocycles. The number of hydrogen-bond acceptors (Lipinski definition) is 3. The summed E-state index contributed by atoms with van der Waals surface area (Å²) in [6.45, 7) is 4.07. The molecule has 0 saturated heterocycles. The van der Waals surface area contributed by atoms with Gasteiger partial charge in [-0.3, -0.25) is 4.99 Å². The van der Waals surface area contributed by atoms with E-state index in [0.29, 0.717) is 13.2 Å². The minimum absolute atomic E-state index is 0. The molecule has 0 saturated carbocycles. The van der Waals surface area contributed by atoms with E-state index in [9.17, 15) is 0 Å². The molecule has 0 aliphatic heterocycles. The van der Waals surface area contributed by atoms with Gasteiger partial charge in [-0.15, -0.1) is 24.0 Å². The van der Waals surface area contributed by atoms with Crippen LogP contribution in [0.2, 0.25) is 0 Å². The SMILES string of the molecule is CN=C(NCCOC)NCC(C)Oc1ccccc1.I. The van der Waals surface area contributed by atoms with Crippen LogP contribution in [0.4, 0.5) is 0 Å². The number of nitrogens with zero attached hydrogens (tertiary/aromatic N) is 1. The number of guanidine groups is 1. The molecule has 1 unspecified atom stereocenters. The van der Waals surface area contributed by atoms with Crippen molar-refractivity contribution in [2.45, 2.75) is 13.0 Å². The molecule has 1 rings (SSSR count). The third kappa shape index (κ3) is 8.21. The Balaban J connectivity index is 0.00000361. The predicted molar refractivity (Wildman–Crippen MR) is 93.2 cm³/mol. The van der Waals surface area contributed by atoms with Gasteiger partial charge in [-0.2, -0.15) is 0 Å². The summed E-state index contributed by atoms with van der Waals surface area (Å²) < 4.78 is 10.7. The molecule has 0 aliphatic rings. The lowest BCUT2D eigenvalue weighted by Crippen LogP contribution is -2.42. The number of hydrogen-bond donors (Lipinski definition) is 2. The van der Waals surface area contributed by atoms with Gasteiger partial charge < -0.3 is 20.1 Å². The Morgan fingerprint density at radius 1 is 1.25 bits per heavy atom. The van der Waals surface area contributed by atoms with Crippen molar-refractivity contribution in [3.05, 3.63) is 30.3 Å². The molecule has 6 heteroatoms. The van der Waals surface area contributed by atoms with Gasteiger partial charge in [0.25, 0.3) is 0 Å². The lowest BCUT2D eigenvalue weighted by molar-refractivity contribution is 0.203. The average Bonchev–Trinajstić information content (AvgIpc) is 2.44. The Hall–Kier alpha value is -1.02. The number of nitrogens with one attached hydrogen (secondary N) is 2. The molecule has 0 aromatic heterocycles. The van der Waals surface area contributed by atoms with Crippen LogP contribution in [0.15, 0.2) is 35.3 Å². The molecule has 2 N–H and O–H groups in total. The van der Waals surface area contributed by atoms with E-state index in [-0.39, 0.29) is 30.1 Å². The monoisotopic (exact) mass is 393 g/mol. The summed E-state index contributed by atoms with van der Waals surface area (Å²) in [5.41, 5.74) is 0. The highest BCUT2D eigenvalue weighted by Gasteiger charge is 2.05. The molecule has 20 heavy (non-hydrogen) atoms. The molecule has 1 atom stereocenters. The Kier molecular flexibility index (Phi) is 11.2. The molecule has 0 radical (unpaired) electrons. The number of rotatable bonds is 7. The lowest BCUT2D eigenvalue weighted by Gasteiger charge is -2.17. The van der Waals surface area contributed by atoms with Crippen LogP contribution >= 0.6 is 24.0 Å². The van der Waals surface area contributed by atoms with Crippen molar-refractivity contribution < 1.29 is 9.47 Å². The van der Waals surface area contributed by atoms with Crippen molar-refractivity contribution in [1.82, 2.24) is 10.6 Å². The standard InChI is InChI=1S/C14H23N3O2.HI/c1-12(19-13-7-5-4-6-8-13)11-17-14(15-2)16-9-10-18-3;/h4-8,12H,9-11H2,1-3H3,(H2,15,16,17);1H. The summed E-state index contributed by atoms with van der Waals surface area (Å²) in [6.07, 6.45) is 0.0587. The number of ether oxygens (including phenoxy) is 2. The molecular weight excluding hydrogens is 369 g/mol. The summed E-state index contributed by atoms with van der Waals surface area (Å²) in [6, 6.07) is 9.78. The fourth-order valence-electron chi connectivity index (χ4n) is 1.51. The van der Waals surface area contributed by atoms with Crippen molar-refractivity contribution in [3.8, 4) is 5.75 Å². The Morgan fingerprint density at radius 2 is 1.95 bits per heavy atom. The molecular formula is C14H24IN3O2. The normalized spacial score (nSPS) is 12.2. The van der Waals surface area contributed by atoms with Gasteiger partial charge in [0.2, 0.25) is 0 Å². The van der Waals surface area contributed by atoms with E-state index < -0.39 is 0 Å². The van der Waals surface area contributed by atoms with E-state index >= 15 is 0 Å². The lowest BCUT2D eigenvalue weighted by atomic mass is 10.3. The summed E-state index contributed by atoms with van der Waals surface area (Å²) in [5, 5.41) is 6.35. The molecule has 0 bridgehead atoms. The van der Waals surface area contributed by atoms with Crippen LogP contribution in [0.3, 0.4) is 0 Å². The Labute approximate surface area is 138 Å². The van der Waals surface area contributed by atoms with Gasteiger partial charge in [0, 0.05) is 20.7 Å². The van der Waals surface area contributed by atoms with E-state index in [0.717, 1.165) is 18.3 Å². The van der Waals surface area contributed by atoms with Crippen molar-refractivity contribution in [1.29, 1.82) is 0 Å². The zero-order chi connectivity index (χ0) is 13.9. The maximum Gasteiger partial charge on any atom is 0.191 e. The summed E-state index contributed by atoms with van der Waals surface area (Å²) in [7, 11) is 3.42. The molecule has 0 fully saturated rings. The summed E-state index contributed by atoms with van der Waals surface area (Å²) in [5.74, 6) is 1.62. The van der Waals surface area contributed by atoms with Gasteiger partial charge in [0.15, 0.2) is 5.96 Å². The molecule has 1 aromatic rings. The quantitative estimate of drug-likeness (QED) is 0.322. The van der Waals surface area contributed by atoms with Crippen LogP contribution in [-0.2, 0) is 4.74 Å². The van der Waals surface area contributed by atoms with Crippen LogP contribution < -0.4 is 15.4 Å². The minimum Gasteiger partial charge on any atom is -0.489 e. The van der Waals surface area contributed by atoms with Crippen LogP contribution in [0.1, 0.15) is 6.92 Å². The van der Waals surface area contributed by atoms with Gasteiger partial charge in [-0.1, -0.05) is 18.2 Å². The van der Waals surface area contributed by atoms with Gasteiger partial charge in [-0.25, -0.2) is 0 Å². The number of para-hydroxylation sites is 1. The highest BCUT2D eigenvalue weighted by atomic mass is 127. The maximum absolute atomic E-state index is 5.76. The molecule has 0 amide bonds. The first-order valence-electron chi connectivity index (χ1n) is 6.41. The highest BCUT2D eigenvalue weighted by molar-refractivity contribution is 14.0. The molecule has 114 valence electrons. The Bertz CT molecular complexity index is 374. The number of aliphatic imine (C=N–C) groups is 1. The fourth-order valence-corrected chi connectivity index (χ4v) is 1.51. The van der Waals surface area contributed by atoms with E-state index in [1.54, 1.807) is 14.2 Å². The van der Waals surface area contributed by atoms with Crippen molar-refractivity contribution in [2.75, 3.05) is 33.9 Å². The second-order valence-electron chi connectivity index (χ2n) is 4.11. The Morgan fingerprint density at radius 3 is 2.55 bits per heavy atom. The first kappa shape index (κ1) is 19.0. The molecule has 0 aliphatic carbocycles.